The van der Waals surface area contributed by atoms with Crippen LogP contribution in [0.2, 0.25) is 0 Å². The highest BCUT2D eigenvalue weighted by Gasteiger charge is 2.68. The summed E-state index contributed by atoms with van der Waals surface area (Å²) in [5.41, 5.74) is 0.650. The van der Waals surface area contributed by atoms with Crippen molar-refractivity contribution in [3.63, 3.8) is 0 Å². The van der Waals surface area contributed by atoms with Gasteiger partial charge in [0.1, 0.15) is 0 Å². The standard InChI is InChI=1S/C15H20F2N2O2S/c16-15(17)13(14(15)11-5-2-1-3-6-11)10-19-8-4-7-12(9-19)22(18,20)21/h1-3,5-6,12-14H,4,7-10H2,(H2,18,20,21)/t12?,13-,14-/m1/s1. The number of hydrogen-bond donors (Lipinski definition) is 1. The van der Waals surface area contributed by atoms with Gasteiger partial charge in [0.05, 0.1) is 11.2 Å². The molecule has 22 heavy (non-hydrogen) atoms. The largest absolute Gasteiger partial charge is 0.301 e. The Hall–Kier alpha value is -1.05. The van der Waals surface area contributed by atoms with Crippen molar-refractivity contribution >= 4 is 10.0 Å². The Morgan fingerprint density at radius 3 is 2.59 bits per heavy atom. The van der Waals surface area contributed by atoms with E-state index in [-0.39, 0.29) is 13.1 Å². The van der Waals surface area contributed by atoms with Crippen molar-refractivity contribution in [2.75, 3.05) is 19.6 Å². The second kappa shape index (κ2) is 5.54. The molecule has 7 heteroatoms. The van der Waals surface area contributed by atoms with Gasteiger partial charge in [-0.05, 0) is 24.9 Å². The zero-order valence-corrected chi connectivity index (χ0v) is 13.0. The molecule has 4 nitrogen and oxygen atoms in total. The van der Waals surface area contributed by atoms with Crippen LogP contribution in [0, 0.1) is 5.92 Å². The lowest BCUT2D eigenvalue weighted by Crippen LogP contribution is -2.45. The average Bonchev–Trinajstić information content (AvgIpc) is 3.00. The molecule has 2 fully saturated rings. The fraction of sp³-hybridized carbons (Fsp3) is 0.600. The second-order valence-corrected chi connectivity index (χ2v) is 8.13. The Balaban J connectivity index is 1.66. The number of likely N-dealkylation sites (tertiary alicyclic amines) is 1. The van der Waals surface area contributed by atoms with E-state index in [0.717, 1.165) is 0 Å². The van der Waals surface area contributed by atoms with Crippen LogP contribution in [0.25, 0.3) is 0 Å². The molecule has 1 unspecified atom stereocenters. The number of nitrogens with two attached hydrogens (primary N) is 1. The summed E-state index contributed by atoms with van der Waals surface area (Å²) in [6.45, 7) is 1.13. The van der Waals surface area contributed by atoms with Crippen LogP contribution in [0.5, 0.6) is 0 Å². The highest BCUT2D eigenvalue weighted by Crippen LogP contribution is 2.61. The number of piperidine rings is 1. The van der Waals surface area contributed by atoms with E-state index in [1.807, 2.05) is 4.90 Å². The van der Waals surface area contributed by atoms with Crippen molar-refractivity contribution in [2.45, 2.75) is 29.9 Å². The van der Waals surface area contributed by atoms with E-state index >= 15 is 0 Å². The monoisotopic (exact) mass is 330 g/mol. The van der Waals surface area contributed by atoms with Crippen LogP contribution in [0.1, 0.15) is 24.3 Å². The van der Waals surface area contributed by atoms with Crippen molar-refractivity contribution in [1.82, 2.24) is 4.90 Å². The molecule has 2 aliphatic rings. The molecular weight excluding hydrogens is 310 g/mol. The summed E-state index contributed by atoms with van der Waals surface area (Å²) < 4.78 is 51.0. The number of sulfonamides is 1. The normalized spacial score (nSPS) is 31.9. The number of alkyl halides is 2. The summed E-state index contributed by atoms with van der Waals surface area (Å²) in [4.78, 5) is 1.82. The van der Waals surface area contributed by atoms with Crippen LogP contribution in [0.15, 0.2) is 30.3 Å². The van der Waals surface area contributed by atoms with Crippen molar-refractivity contribution in [2.24, 2.45) is 11.1 Å². The van der Waals surface area contributed by atoms with Gasteiger partial charge in [-0.1, -0.05) is 30.3 Å². The fourth-order valence-electron chi connectivity index (χ4n) is 3.46. The summed E-state index contributed by atoms with van der Waals surface area (Å²) in [7, 11) is -3.60. The molecule has 3 atom stereocenters. The molecule has 0 spiro atoms. The Morgan fingerprint density at radius 2 is 1.95 bits per heavy atom. The molecular formula is C15H20F2N2O2S. The first-order valence-electron chi connectivity index (χ1n) is 7.47. The topological polar surface area (TPSA) is 63.4 Å². The van der Waals surface area contributed by atoms with Crippen LogP contribution < -0.4 is 5.14 Å². The Morgan fingerprint density at radius 1 is 1.27 bits per heavy atom. The minimum atomic E-state index is -3.60. The molecule has 0 radical (unpaired) electrons. The smallest absolute Gasteiger partial charge is 0.260 e. The molecule has 1 aromatic rings. The van der Waals surface area contributed by atoms with E-state index in [4.69, 9.17) is 5.14 Å². The first kappa shape index (κ1) is 15.8. The summed E-state index contributed by atoms with van der Waals surface area (Å²) >= 11 is 0. The van der Waals surface area contributed by atoms with Crippen LogP contribution in [-0.2, 0) is 10.0 Å². The zero-order valence-electron chi connectivity index (χ0n) is 12.2. The molecule has 122 valence electrons. The van der Waals surface area contributed by atoms with E-state index in [1.54, 1.807) is 30.3 Å². The minimum Gasteiger partial charge on any atom is -0.301 e. The van der Waals surface area contributed by atoms with Gasteiger partial charge in [-0.3, -0.25) is 0 Å². The number of benzene rings is 1. The van der Waals surface area contributed by atoms with Gasteiger partial charge in [0.15, 0.2) is 0 Å². The number of halogens is 2. The summed E-state index contributed by atoms with van der Waals surface area (Å²) in [5, 5.41) is 4.55. The first-order valence-corrected chi connectivity index (χ1v) is 9.08. The number of nitrogens with zero attached hydrogens (tertiary/aromatic N) is 1. The molecule has 3 rings (SSSR count). The Bertz CT molecular complexity index is 636. The van der Waals surface area contributed by atoms with Gasteiger partial charge < -0.3 is 4.90 Å². The fourth-order valence-corrected chi connectivity index (χ4v) is 4.37. The van der Waals surface area contributed by atoms with E-state index in [0.29, 0.717) is 24.9 Å². The third-order valence-corrected chi connectivity index (χ3v) is 6.06. The second-order valence-electron chi connectivity index (χ2n) is 6.28. The van der Waals surface area contributed by atoms with Crippen molar-refractivity contribution in [1.29, 1.82) is 0 Å². The zero-order chi connectivity index (χ0) is 16.0. The molecule has 0 bridgehead atoms. The Labute approximate surface area is 129 Å². The highest BCUT2D eigenvalue weighted by molar-refractivity contribution is 7.89. The SMILES string of the molecule is NS(=O)(=O)C1CCCN(C[C@@H]2[C@@H](c3ccccc3)C2(F)F)C1. The number of hydrogen-bond acceptors (Lipinski definition) is 3. The van der Waals surface area contributed by atoms with Crippen molar-refractivity contribution < 1.29 is 17.2 Å². The van der Waals surface area contributed by atoms with Gasteiger partial charge in [-0.25, -0.2) is 22.3 Å². The molecule has 1 saturated carbocycles. The van der Waals surface area contributed by atoms with Gasteiger partial charge in [0, 0.05) is 19.0 Å². The molecule has 2 N–H and O–H groups in total. The minimum absolute atomic E-state index is 0.221. The van der Waals surface area contributed by atoms with Gasteiger partial charge in [0.25, 0.3) is 5.92 Å². The van der Waals surface area contributed by atoms with E-state index in [9.17, 15) is 17.2 Å². The third kappa shape index (κ3) is 3.02. The maximum atomic E-state index is 14.1. The van der Waals surface area contributed by atoms with Crippen LogP contribution in [0.4, 0.5) is 8.78 Å². The molecule has 1 aromatic carbocycles. The average molecular weight is 330 g/mol. The molecule has 1 aliphatic carbocycles. The van der Waals surface area contributed by atoms with Crippen LogP contribution >= 0.6 is 0 Å². The van der Waals surface area contributed by atoms with Crippen LogP contribution in [-0.4, -0.2) is 44.1 Å². The molecule has 0 aromatic heterocycles. The molecule has 1 heterocycles. The lowest BCUT2D eigenvalue weighted by atomic mass is 10.1. The first-order chi connectivity index (χ1) is 10.3. The third-order valence-electron chi connectivity index (χ3n) is 4.74. The predicted octanol–water partition coefficient (Wildman–Crippen LogP) is 1.79. The van der Waals surface area contributed by atoms with Crippen molar-refractivity contribution in [3.8, 4) is 0 Å². The Kier molecular flexibility index (Phi) is 3.99. The summed E-state index contributed by atoms with van der Waals surface area (Å²) in [6.07, 6.45) is 1.19. The maximum Gasteiger partial charge on any atom is 0.260 e. The van der Waals surface area contributed by atoms with Crippen LogP contribution in [0.3, 0.4) is 0 Å². The van der Waals surface area contributed by atoms with E-state index < -0.39 is 33.0 Å². The molecule has 1 saturated heterocycles. The summed E-state index contributed by atoms with van der Waals surface area (Å²) in [5.74, 6) is -4.21. The lowest BCUT2D eigenvalue weighted by molar-refractivity contribution is 0.0807. The van der Waals surface area contributed by atoms with E-state index in [1.165, 1.54) is 0 Å². The van der Waals surface area contributed by atoms with Gasteiger partial charge >= 0.3 is 0 Å². The molecule has 0 amide bonds. The van der Waals surface area contributed by atoms with E-state index in [2.05, 4.69) is 0 Å². The molecule has 1 aliphatic heterocycles. The lowest BCUT2D eigenvalue weighted by Gasteiger charge is -2.31. The van der Waals surface area contributed by atoms with Gasteiger partial charge in [-0.2, -0.15) is 0 Å². The maximum absolute atomic E-state index is 14.1. The quantitative estimate of drug-likeness (QED) is 0.915. The van der Waals surface area contributed by atoms with Crippen molar-refractivity contribution in [3.05, 3.63) is 35.9 Å². The summed E-state index contributed by atoms with van der Waals surface area (Å²) in [6, 6.07) is 8.78. The van der Waals surface area contributed by atoms with Gasteiger partial charge in [0.2, 0.25) is 10.0 Å². The highest BCUT2D eigenvalue weighted by atomic mass is 32.2. The number of rotatable bonds is 4. The number of primary sulfonamides is 1. The predicted molar refractivity (Wildman–Crippen MR) is 80.2 cm³/mol. The van der Waals surface area contributed by atoms with Gasteiger partial charge in [-0.15, -0.1) is 0 Å².